The fourth-order valence-corrected chi connectivity index (χ4v) is 3.83. The van der Waals surface area contributed by atoms with Crippen LogP contribution in [0.5, 0.6) is 5.75 Å². The molecule has 0 radical (unpaired) electrons. The quantitative estimate of drug-likeness (QED) is 0.587. The summed E-state index contributed by atoms with van der Waals surface area (Å²) >= 11 is 3.92. The van der Waals surface area contributed by atoms with Crippen molar-refractivity contribution in [2.75, 3.05) is 19.7 Å². The number of hydrogen-bond acceptors (Lipinski definition) is 5. The van der Waals surface area contributed by atoms with Crippen LogP contribution in [-0.4, -0.2) is 41.6 Å². The van der Waals surface area contributed by atoms with E-state index in [0.717, 1.165) is 16.7 Å². The second-order valence-electron chi connectivity index (χ2n) is 6.10. The van der Waals surface area contributed by atoms with Crippen molar-refractivity contribution in [2.45, 2.75) is 0 Å². The van der Waals surface area contributed by atoms with Crippen LogP contribution in [0.4, 0.5) is 13.6 Å². The normalized spacial score (nSPS) is 15.0. The molecule has 1 aliphatic rings. The summed E-state index contributed by atoms with van der Waals surface area (Å²) in [4.78, 5) is 37.6. The first-order valence-electron chi connectivity index (χ1n) is 8.69. The van der Waals surface area contributed by atoms with Gasteiger partial charge in [0.05, 0.1) is 9.38 Å². The molecule has 156 valence electrons. The molecule has 0 saturated carbocycles. The van der Waals surface area contributed by atoms with Gasteiger partial charge in [-0.3, -0.25) is 19.3 Å². The van der Waals surface area contributed by atoms with E-state index in [0.29, 0.717) is 15.8 Å². The Kier molecular flexibility index (Phi) is 7.22. The molecule has 0 atom stereocenters. The Morgan fingerprint density at radius 2 is 1.83 bits per heavy atom. The summed E-state index contributed by atoms with van der Waals surface area (Å²) in [6.45, 7) is -0.261. The van der Waals surface area contributed by atoms with Crippen LogP contribution in [0, 0.1) is 11.6 Å². The van der Waals surface area contributed by atoms with Gasteiger partial charge >= 0.3 is 0 Å². The van der Waals surface area contributed by atoms with Crippen molar-refractivity contribution >= 4 is 50.8 Å². The summed E-state index contributed by atoms with van der Waals surface area (Å²) in [7, 11) is 0. The van der Waals surface area contributed by atoms with Gasteiger partial charge in [0.2, 0.25) is 0 Å². The van der Waals surface area contributed by atoms with E-state index < -0.39 is 28.7 Å². The molecule has 3 amide bonds. The third kappa shape index (κ3) is 5.67. The summed E-state index contributed by atoms with van der Waals surface area (Å²) in [6, 6.07) is 9.34. The number of imide groups is 1. The molecule has 6 nitrogen and oxygen atoms in total. The van der Waals surface area contributed by atoms with E-state index >= 15 is 0 Å². The van der Waals surface area contributed by atoms with Crippen molar-refractivity contribution in [2.24, 2.45) is 0 Å². The fourth-order valence-electron chi connectivity index (χ4n) is 2.50. The van der Waals surface area contributed by atoms with Crippen LogP contribution in [-0.2, 0) is 9.59 Å². The van der Waals surface area contributed by atoms with E-state index in [9.17, 15) is 23.2 Å². The van der Waals surface area contributed by atoms with E-state index in [-0.39, 0.29) is 24.6 Å². The van der Waals surface area contributed by atoms with Crippen molar-refractivity contribution in [1.29, 1.82) is 0 Å². The summed E-state index contributed by atoms with van der Waals surface area (Å²) in [6.07, 6.45) is 1.51. The summed E-state index contributed by atoms with van der Waals surface area (Å²) in [5.74, 6) is -1.46. The highest BCUT2D eigenvalue weighted by molar-refractivity contribution is 9.10. The first-order valence-corrected chi connectivity index (χ1v) is 10.3. The van der Waals surface area contributed by atoms with Gasteiger partial charge in [-0.1, -0.05) is 12.1 Å². The maximum atomic E-state index is 13.0. The number of benzene rings is 2. The van der Waals surface area contributed by atoms with Crippen LogP contribution in [0.1, 0.15) is 5.56 Å². The Hall–Kier alpha value is -2.72. The maximum absolute atomic E-state index is 13.0. The van der Waals surface area contributed by atoms with Crippen LogP contribution in [0.3, 0.4) is 0 Å². The number of thioether (sulfide) groups is 1. The summed E-state index contributed by atoms with van der Waals surface area (Å²) in [5, 5.41) is 2.10. The Morgan fingerprint density at radius 1 is 1.13 bits per heavy atom. The van der Waals surface area contributed by atoms with Gasteiger partial charge in [-0.05, 0) is 69.7 Å². The van der Waals surface area contributed by atoms with Gasteiger partial charge in [0.25, 0.3) is 17.1 Å². The van der Waals surface area contributed by atoms with Crippen LogP contribution in [0.15, 0.2) is 51.8 Å². The van der Waals surface area contributed by atoms with Crippen LogP contribution >= 0.6 is 27.7 Å². The zero-order valence-corrected chi connectivity index (χ0v) is 17.8. The molecule has 3 rings (SSSR count). The molecule has 2 aromatic carbocycles. The number of halogens is 3. The standard InChI is InChI=1S/C20H15BrF2N2O4S/c21-15-10-14(23)5-6-16(15)29-11-18(26)24-7-8-25-19(27)17(30-20(25)28)9-12-1-3-13(22)4-2-12/h1-6,9-10H,7-8,11H2,(H,24,26)/b17-9-. The van der Waals surface area contributed by atoms with E-state index in [2.05, 4.69) is 21.2 Å². The number of rotatable bonds is 7. The number of hydrogen-bond donors (Lipinski definition) is 1. The molecule has 1 fully saturated rings. The topological polar surface area (TPSA) is 75.7 Å². The molecule has 0 aliphatic carbocycles. The minimum Gasteiger partial charge on any atom is -0.483 e. The van der Waals surface area contributed by atoms with Gasteiger partial charge in [-0.25, -0.2) is 8.78 Å². The average Bonchev–Trinajstić information content (AvgIpc) is 2.96. The van der Waals surface area contributed by atoms with E-state index in [1.54, 1.807) is 0 Å². The monoisotopic (exact) mass is 496 g/mol. The fraction of sp³-hybridized carbons (Fsp3) is 0.150. The van der Waals surface area contributed by atoms with Crippen molar-refractivity contribution in [1.82, 2.24) is 10.2 Å². The highest BCUT2D eigenvalue weighted by atomic mass is 79.9. The SMILES string of the molecule is O=C(COc1ccc(F)cc1Br)NCCN1C(=O)S/C(=C\c2ccc(F)cc2)C1=O. The molecular formula is C20H15BrF2N2O4S. The smallest absolute Gasteiger partial charge is 0.293 e. The van der Waals surface area contributed by atoms with E-state index in [4.69, 9.17) is 4.74 Å². The minimum atomic E-state index is -0.477. The molecule has 1 N–H and O–H groups in total. The van der Waals surface area contributed by atoms with Gasteiger partial charge < -0.3 is 10.1 Å². The first kappa shape index (κ1) is 22.0. The predicted octanol–water partition coefficient (Wildman–Crippen LogP) is 3.96. The first-order chi connectivity index (χ1) is 14.3. The Labute approximate surface area is 183 Å². The van der Waals surface area contributed by atoms with Gasteiger partial charge in [0.1, 0.15) is 17.4 Å². The number of carbonyl (C=O) groups excluding carboxylic acids is 3. The molecule has 1 saturated heterocycles. The molecule has 10 heteroatoms. The molecule has 0 aromatic heterocycles. The van der Waals surface area contributed by atoms with Crippen LogP contribution in [0.2, 0.25) is 0 Å². The highest BCUT2D eigenvalue weighted by Crippen LogP contribution is 2.32. The number of nitrogens with zero attached hydrogens (tertiary/aromatic N) is 1. The molecule has 30 heavy (non-hydrogen) atoms. The van der Waals surface area contributed by atoms with E-state index in [1.807, 2.05) is 0 Å². The minimum absolute atomic E-state index is 0.00257. The van der Waals surface area contributed by atoms with Crippen molar-refractivity contribution < 1.29 is 27.9 Å². The molecule has 1 heterocycles. The lowest BCUT2D eigenvalue weighted by Crippen LogP contribution is -2.38. The Balaban J connectivity index is 1.48. The summed E-state index contributed by atoms with van der Waals surface area (Å²) in [5.41, 5.74) is 0.597. The number of nitrogens with one attached hydrogen (secondary N) is 1. The molecular weight excluding hydrogens is 482 g/mol. The Bertz CT molecular complexity index is 1010. The lowest BCUT2D eigenvalue weighted by atomic mass is 10.2. The van der Waals surface area contributed by atoms with Crippen LogP contribution in [0.25, 0.3) is 6.08 Å². The van der Waals surface area contributed by atoms with Crippen LogP contribution < -0.4 is 10.1 Å². The zero-order valence-electron chi connectivity index (χ0n) is 15.4. The number of carbonyl (C=O) groups is 3. The summed E-state index contributed by atoms with van der Waals surface area (Å²) < 4.78 is 31.7. The van der Waals surface area contributed by atoms with Gasteiger partial charge in [-0.15, -0.1) is 0 Å². The maximum Gasteiger partial charge on any atom is 0.293 e. The predicted molar refractivity (Wildman–Crippen MR) is 112 cm³/mol. The Morgan fingerprint density at radius 3 is 2.53 bits per heavy atom. The number of ether oxygens (including phenoxy) is 1. The molecule has 0 bridgehead atoms. The second kappa shape index (κ2) is 9.86. The van der Waals surface area contributed by atoms with Crippen molar-refractivity contribution in [3.8, 4) is 5.75 Å². The third-order valence-corrected chi connectivity index (χ3v) is 5.48. The number of amides is 3. The van der Waals surface area contributed by atoms with E-state index in [1.165, 1.54) is 48.5 Å². The average molecular weight is 497 g/mol. The molecule has 0 unspecified atom stereocenters. The molecule has 1 aliphatic heterocycles. The highest BCUT2D eigenvalue weighted by Gasteiger charge is 2.34. The van der Waals surface area contributed by atoms with Crippen molar-refractivity contribution in [3.63, 3.8) is 0 Å². The third-order valence-electron chi connectivity index (χ3n) is 3.95. The molecule has 2 aromatic rings. The second-order valence-corrected chi connectivity index (χ2v) is 7.95. The van der Waals surface area contributed by atoms with Gasteiger partial charge in [0.15, 0.2) is 6.61 Å². The van der Waals surface area contributed by atoms with Gasteiger partial charge in [-0.2, -0.15) is 0 Å². The lowest BCUT2D eigenvalue weighted by Gasteiger charge is -2.13. The molecule has 0 spiro atoms. The van der Waals surface area contributed by atoms with Gasteiger partial charge in [0, 0.05) is 13.1 Å². The zero-order chi connectivity index (χ0) is 21.7. The largest absolute Gasteiger partial charge is 0.483 e. The lowest BCUT2D eigenvalue weighted by molar-refractivity contribution is -0.125. The van der Waals surface area contributed by atoms with Crippen molar-refractivity contribution in [3.05, 3.63) is 69.0 Å².